The molecule has 0 bridgehead atoms. The van der Waals surface area contributed by atoms with Gasteiger partial charge in [0, 0.05) is 6.04 Å². The first-order valence-electron chi connectivity index (χ1n) is 6.73. The molecular weight excluding hydrogens is 297 g/mol. The van der Waals surface area contributed by atoms with Crippen molar-refractivity contribution in [3.8, 4) is 0 Å². The molecule has 1 N–H and O–H groups in total. The zero-order valence-corrected chi connectivity index (χ0v) is 12.7. The highest BCUT2D eigenvalue weighted by molar-refractivity contribution is 7.89. The molecule has 1 unspecified atom stereocenters. The Balaban J connectivity index is 2.29. The van der Waals surface area contributed by atoms with Crippen LogP contribution >= 0.6 is 0 Å². The number of sulfonamides is 1. The second kappa shape index (κ2) is 6.11. The molecule has 0 saturated heterocycles. The van der Waals surface area contributed by atoms with Crippen LogP contribution in [-0.4, -0.2) is 27.5 Å². The molecule has 1 aliphatic rings. The van der Waals surface area contributed by atoms with Gasteiger partial charge in [-0.15, -0.1) is 0 Å². The summed E-state index contributed by atoms with van der Waals surface area (Å²) in [6, 6.07) is 2.70. The minimum absolute atomic E-state index is 0.176. The normalized spacial score (nSPS) is 16.5. The van der Waals surface area contributed by atoms with E-state index in [0.29, 0.717) is 5.92 Å². The lowest BCUT2D eigenvalue weighted by Gasteiger charge is -2.15. The molecule has 1 fully saturated rings. The van der Waals surface area contributed by atoms with E-state index in [2.05, 4.69) is 9.46 Å². The van der Waals surface area contributed by atoms with Crippen molar-refractivity contribution in [2.45, 2.75) is 37.1 Å². The van der Waals surface area contributed by atoms with Gasteiger partial charge in [0.05, 0.1) is 17.6 Å². The number of rotatable bonds is 6. The zero-order valence-electron chi connectivity index (χ0n) is 11.9. The molecule has 0 aliphatic heterocycles. The number of hydrogen-bond acceptors (Lipinski definition) is 4. The van der Waals surface area contributed by atoms with Crippen LogP contribution in [0.1, 0.15) is 36.5 Å². The van der Waals surface area contributed by atoms with E-state index >= 15 is 0 Å². The fourth-order valence-corrected chi connectivity index (χ4v) is 3.69. The third-order valence-electron chi connectivity index (χ3n) is 3.38. The molecule has 0 aromatic heterocycles. The van der Waals surface area contributed by atoms with Crippen LogP contribution in [0.2, 0.25) is 0 Å². The van der Waals surface area contributed by atoms with Crippen LogP contribution in [0.3, 0.4) is 0 Å². The summed E-state index contributed by atoms with van der Waals surface area (Å²) < 4.78 is 45.1. The minimum Gasteiger partial charge on any atom is -0.465 e. The van der Waals surface area contributed by atoms with Crippen LogP contribution in [0.5, 0.6) is 0 Å². The first kappa shape index (κ1) is 15.9. The van der Waals surface area contributed by atoms with Crippen molar-refractivity contribution in [2.24, 2.45) is 5.92 Å². The number of ether oxygens (including phenoxy) is 1. The van der Waals surface area contributed by atoms with Gasteiger partial charge in [0.1, 0.15) is 5.82 Å². The summed E-state index contributed by atoms with van der Waals surface area (Å²) >= 11 is 0. The number of hydrogen-bond donors (Lipinski definition) is 1. The molecule has 1 saturated carbocycles. The lowest BCUT2D eigenvalue weighted by Crippen LogP contribution is -2.34. The summed E-state index contributed by atoms with van der Waals surface area (Å²) in [4.78, 5) is 11.2. The molecule has 116 valence electrons. The molecule has 0 radical (unpaired) electrons. The number of benzene rings is 1. The summed E-state index contributed by atoms with van der Waals surface area (Å²) in [6.07, 6.45) is 2.96. The number of carbonyl (C=O) groups excluding carboxylic acids is 1. The fraction of sp³-hybridized carbons (Fsp3) is 0.500. The number of carbonyl (C=O) groups is 1. The van der Waals surface area contributed by atoms with Gasteiger partial charge in [-0.2, -0.15) is 0 Å². The smallest absolute Gasteiger partial charge is 0.339 e. The van der Waals surface area contributed by atoms with E-state index in [1.807, 2.05) is 0 Å². The number of nitrogens with one attached hydrogen (secondary N) is 1. The van der Waals surface area contributed by atoms with Crippen molar-refractivity contribution in [3.63, 3.8) is 0 Å². The second-order valence-corrected chi connectivity index (χ2v) is 7.02. The van der Waals surface area contributed by atoms with E-state index in [0.717, 1.165) is 44.6 Å². The lowest BCUT2D eigenvalue weighted by molar-refractivity contribution is 0.0596. The molecule has 5 nitrogen and oxygen atoms in total. The van der Waals surface area contributed by atoms with Gasteiger partial charge >= 0.3 is 5.97 Å². The van der Waals surface area contributed by atoms with Gasteiger partial charge in [-0.3, -0.25) is 0 Å². The van der Waals surface area contributed by atoms with Gasteiger partial charge in [-0.1, -0.05) is 12.8 Å². The molecule has 2 rings (SSSR count). The van der Waals surface area contributed by atoms with Crippen molar-refractivity contribution in [1.29, 1.82) is 0 Å². The maximum absolute atomic E-state index is 13.4. The summed E-state index contributed by atoms with van der Waals surface area (Å²) in [5.41, 5.74) is -0.176. The average Bonchev–Trinajstić information content (AvgIpc) is 3.20. The summed E-state index contributed by atoms with van der Waals surface area (Å²) in [7, 11) is -2.83. The number of methoxy groups -OCH3 is 1. The second-order valence-electron chi connectivity index (χ2n) is 5.33. The molecule has 0 amide bonds. The predicted octanol–water partition coefficient (Wildman–Crippen LogP) is 2.08. The monoisotopic (exact) mass is 315 g/mol. The number of esters is 1. The molecule has 7 heteroatoms. The third kappa shape index (κ3) is 4.01. The Kier molecular flexibility index (Phi) is 4.63. The van der Waals surface area contributed by atoms with E-state index in [-0.39, 0.29) is 11.6 Å². The van der Waals surface area contributed by atoms with Gasteiger partial charge in [0.2, 0.25) is 10.0 Å². The van der Waals surface area contributed by atoms with Crippen LogP contribution in [0.4, 0.5) is 4.39 Å². The van der Waals surface area contributed by atoms with E-state index in [9.17, 15) is 17.6 Å². The maximum Gasteiger partial charge on any atom is 0.339 e. The minimum atomic E-state index is -3.98. The van der Waals surface area contributed by atoms with Crippen molar-refractivity contribution in [1.82, 2.24) is 4.72 Å². The third-order valence-corrected chi connectivity index (χ3v) is 5.01. The Labute approximate surface area is 123 Å². The van der Waals surface area contributed by atoms with Crippen LogP contribution in [0, 0.1) is 11.7 Å². The van der Waals surface area contributed by atoms with E-state index < -0.39 is 26.7 Å². The molecule has 1 atom stereocenters. The first-order chi connectivity index (χ1) is 9.83. The first-order valence-corrected chi connectivity index (χ1v) is 8.22. The van der Waals surface area contributed by atoms with Crippen molar-refractivity contribution in [2.75, 3.05) is 7.11 Å². The highest BCUT2D eigenvalue weighted by Crippen LogP contribution is 2.33. The quantitative estimate of drug-likeness (QED) is 0.816. The SMILES string of the molecule is COC(=O)c1ccc(F)cc1S(=O)(=O)NC(C)CC1CC1. The van der Waals surface area contributed by atoms with Crippen LogP contribution < -0.4 is 4.72 Å². The highest BCUT2D eigenvalue weighted by atomic mass is 32.2. The van der Waals surface area contributed by atoms with Crippen molar-refractivity contribution >= 4 is 16.0 Å². The van der Waals surface area contributed by atoms with Crippen LogP contribution in [0.15, 0.2) is 23.1 Å². The van der Waals surface area contributed by atoms with E-state index in [1.54, 1.807) is 6.92 Å². The number of halogens is 1. The summed E-state index contributed by atoms with van der Waals surface area (Å²) in [6.45, 7) is 1.76. The molecule has 1 aromatic carbocycles. The Hall–Kier alpha value is -1.47. The van der Waals surface area contributed by atoms with Crippen molar-refractivity contribution < 1.29 is 22.3 Å². The molecule has 0 spiro atoms. The average molecular weight is 315 g/mol. The zero-order chi connectivity index (χ0) is 15.6. The Morgan fingerprint density at radius 2 is 2.14 bits per heavy atom. The Bertz CT molecular complexity index is 640. The maximum atomic E-state index is 13.4. The molecule has 1 aliphatic carbocycles. The van der Waals surface area contributed by atoms with Gasteiger partial charge in [-0.05, 0) is 37.5 Å². The largest absolute Gasteiger partial charge is 0.465 e. The lowest BCUT2D eigenvalue weighted by atomic mass is 10.2. The van der Waals surface area contributed by atoms with Crippen LogP contribution in [0.25, 0.3) is 0 Å². The van der Waals surface area contributed by atoms with E-state index in [4.69, 9.17) is 0 Å². The topological polar surface area (TPSA) is 72.5 Å². The molecular formula is C14H18FNO4S. The Morgan fingerprint density at radius 1 is 1.48 bits per heavy atom. The van der Waals surface area contributed by atoms with Gasteiger partial charge < -0.3 is 4.74 Å². The fourth-order valence-electron chi connectivity index (χ4n) is 2.23. The summed E-state index contributed by atoms with van der Waals surface area (Å²) in [5.74, 6) is -0.988. The standard InChI is InChI=1S/C14H18FNO4S/c1-9(7-10-3-4-10)16-21(18,19)13-8-11(15)5-6-12(13)14(17)20-2/h5-6,8-10,16H,3-4,7H2,1-2H3. The van der Waals surface area contributed by atoms with Crippen LogP contribution in [-0.2, 0) is 14.8 Å². The van der Waals surface area contributed by atoms with E-state index in [1.165, 1.54) is 0 Å². The molecule has 21 heavy (non-hydrogen) atoms. The van der Waals surface area contributed by atoms with Crippen molar-refractivity contribution in [3.05, 3.63) is 29.6 Å². The molecule has 1 aromatic rings. The van der Waals surface area contributed by atoms with Gasteiger partial charge in [0.15, 0.2) is 0 Å². The highest BCUT2D eigenvalue weighted by Gasteiger charge is 2.28. The predicted molar refractivity (Wildman–Crippen MR) is 74.9 cm³/mol. The Morgan fingerprint density at radius 3 is 2.71 bits per heavy atom. The van der Waals surface area contributed by atoms with Gasteiger partial charge in [0.25, 0.3) is 0 Å². The summed E-state index contributed by atoms with van der Waals surface area (Å²) in [5, 5.41) is 0. The molecule has 0 heterocycles. The van der Waals surface area contributed by atoms with Gasteiger partial charge in [-0.25, -0.2) is 22.3 Å².